The van der Waals surface area contributed by atoms with Crippen LogP contribution in [-0.2, 0) is 4.74 Å². The number of hydrogen-bond acceptors (Lipinski definition) is 4. The summed E-state index contributed by atoms with van der Waals surface area (Å²) in [6.45, 7) is 3.93. The van der Waals surface area contributed by atoms with Crippen LogP contribution >= 0.6 is 0 Å². The van der Waals surface area contributed by atoms with Crippen LogP contribution in [-0.4, -0.2) is 27.2 Å². The van der Waals surface area contributed by atoms with E-state index < -0.39 is 0 Å². The third-order valence-electron chi connectivity index (χ3n) is 2.07. The zero-order valence-electron chi connectivity index (χ0n) is 8.60. The Labute approximate surface area is 86.7 Å². The van der Waals surface area contributed by atoms with Crippen molar-refractivity contribution in [1.29, 1.82) is 0 Å². The Balaban J connectivity index is 2.59. The highest BCUT2D eigenvalue weighted by Crippen LogP contribution is 2.09. The Hall–Kier alpha value is -1.91. The van der Waals surface area contributed by atoms with E-state index in [-0.39, 0.29) is 5.97 Å². The molecule has 0 N–H and O–H groups in total. The molecule has 0 bridgehead atoms. The molecule has 0 radical (unpaired) electrons. The molecule has 0 aliphatic rings. The van der Waals surface area contributed by atoms with Crippen LogP contribution in [0.15, 0.2) is 18.2 Å². The third kappa shape index (κ3) is 1.56. The Bertz CT molecular complexity index is 504. The summed E-state index contributed by atoms with van der Waals surface area (Å²) in [7, 11) is 0. The molecule has 0 atom stereocenters. The molecule has 0 aliphatic carbocycles. The second-order valence-electron chi connectivity index (χ2n) is 3.07. The first kappa shape index (κ1) is 9.64. The average molecular weight is 205 g/mol. The Kier molecular flexibility index (Phi) is 2.37. The van der Waals surface area contributed by atoms with Crippen LogP contribution in [0.2, 0.25) is 0 Å². The van der Waals surface area contributed by atoms with Gasteiger partial charge in [-0.25, -0.2) is 4.79 Å². The van der Waals surface area contributed by atoms with E-state index in [0.717, 1.165) is 0 Å². The number of aryl methyl sites for hydroxylation is 1. The number of ether oxygens (including phenoxy) is 1. The molecule has 15 heavy (non-hydrogen) atoms. The molecule has 2 rings (SSSR count). The van der Waals surface area contributed by atoms with Crippen molar-refractivity contribution >= 4 is 11.6 Å². The summed E-state index contributed by atoms with van der Waals surface area (Å²) in [5, 5.41) is 7.83. The third-order valence-corrected chi connectivity index (χ3v) is 2.07. The maximum absolute atomic E-state index is 11.6. The van der Waals surface area contributed by atoms with E-state index in [4.69, 9.17) is 4.74 Å². The molecule has 2 heterocycles. The van der Waals surface area contributed by atoms with E-state index in [0.29, 0.717) is 23.8 Å². The van der Waals surface area contributed by atoms with Crippen LogP contribution in [0, 0.1) is 6.92 Å². The largest absolute Gasteiger partial charge is 0.461 e. The second kappa shape index (κ2) is 3.68. The van der Waals surface area contributed by atoms with Gasteiger partial charge in [0.05, 0.1) is 6.61 Å². The lowest BCUT2D eigenvalue weighted by atomic mass is 10.3. The van der Waals surface area contributed by atoms with Crippen LogP contribution < -0.4 is 0 Å². The average Bonchev–Trinajstić information content (AvgIpc) is 2.61. The molecular formula is C10H11N3O2. The minimum atomic E-state index is -0.356. The van der Waals surface area contributed by atoms with Crippen molar-refractivity contribution in [3.8, 4) is 0 Å². The topological polar surface area (TPSA) is 56.5 Å². The normalized spacial score (nSPS) is 10.5. The number of pyridine rings is 1. The highest BCUT2D eigenvalue weighted by molar-refractivity contribution is 5.88. The van der Waals surface area contributed by atoms with E-state index >= 15 is 0 Å². The van der Waals surface area contributed by atoms with Crippen LogP contribution in [0.3, 0.4) is 0 Å². The molecule has 78 valence electrons. The number of nitrogens with zero attached hydrogens (tertiary/aromatic N) is 3. The molecule has 0 aromatic carbocycles. The van der Waals surface area contributed by atoms with Crippen molar-refractivity contribution < 1.29 is 9.53 Å². The summed E-state index contributed by atoms with van der Waals surface area (Å²) in [5.41, 5.74) is 1.11. The number of hydrogen-bond donors (Lipinski definition) is 0. The summed E-state index contributed by atoms with van der Waals surface area (Å²) in [6.07, 6.45) is 0. The zero-order chi connectivity index (χ0) is 10.8. The van der Waals surface area contributed by atoms with Gasteiger partial charge in [-0.1, -0.05) is 6.07 Å². The van der Waals surface area contributed by atoms with Crippen molar-refractivity contribution in [3.05, 3.63) is 29.7 Å². The van der Waals surface area contributed by atoms with Gasteiger partial charge in [0.25, 0.3) is 0 Å². The standard InChI is InChI=1S/C10H11N3O2/c1-3-15-10(14)8-5-4-6-9-12-11-7(2)13(8)9/h4-6H,3H2,1-2H3. The fraction of sp³-hybridized carbons (Fsp3) is 0.300. The van der Waals surface area contributed by atoms with Gasteiger partial charge in [0, 0.05) is 0 Å². The van der Waals surface area contributed by atoms with Gasteiger partial charge in [-0.3, -0.25) is 4.40 Å². The van der Waals surface area contributed by atoms with Gasteiger partial charge in [-0.05, 0) is 26.0 Å². The first-order chi connectivity index (χ1) is 7.24. The fourth-order valence-electron chi connectivity index (χ4n) is 1.45. The molecule has 0 amide bonds. The van der Waals surface area contributed by atoms with E-state index in [1.165, 1.54) is 0 Å². The van der Waals surface area contributed by atoms with E-state index in [9.17, 15) is 4.79 Å². The van der Waals surface area contributed by atoms with Crippen LogP contribution in [0.1, 0.15) is 23.2 Å². The monoisotopic (exact) mass is 205 g/mol. The number of fused-ring (bicyclic) bond motifs is 1. The number of aromatic nitrogens is 3. The van der Waals surface area contributed by atoms with Crippen molar-refractivity contribution in [1.82, 2.24) is 14.6 Å². The number of rotatable bonds is 2. The molecule has 0 saturated carbocycles. The molecule has 5 heteroatoms. The highest BCUT2D eigenvalue weighted by Gasteiger charge is 2.13. The van der Waals surface area contributed by atoms with E-state index in [2.05, 4.69) is 10.2 Å². The lowest BCUT2D eigenvalue weighted by Crippen LogP contribution is -2.10. The molecule has 2 aromatic heterocycles. The minimum absolute atomic E-state index is 0.356. The molecule has 0 unspecified atom stereocenters. The molecule has 5 nitrogen and oxygen atoms in total. The highest BCUT2D eigenvalue weighted by atomic mass is 16.5. The van der Waals surface area contributed by atoms with Gasteiger partial charge < -0.3 is 4.74 Å². The summed E-state index contributed by atoms with van der Waals surface area (Å²) in [6, 6.07) is 5.25. The number of carbonyl (C=O) groups is 1. The number of carbonyl (C=O) groups excluding carboxylic acids is 1. The van der Waals surface area contributed by atoms with Gasteiger partial charge in [-0.2, -0.15) is 0 Å². The van der Waals surface area contributed by atoms with Crippen molar-refractivity contribution in [2.24, 2.45) is 0 Å². The first-order valence-corrected chi connectivity index (χ1v) is 4.72. The van der Waals surface area contributed by atoms with E-state index in [1.54, 1.807) is 36.4 Å². The Morgan fingerprint density at radius 3 is 3.00 bits per heavy atom. The maximum Gasteiger partial charge on any atom is 0.355 e. The Morgan fingerprint density at radius 2 is 2.27 bits per heavy atom. The second-order valence-corrected chi connectivity index (χ2v) is 3.07. The van der Waals surface area contributed by atoms with Crippen LogP contribution in [0.25, 0.3) is 5.65 Å². The van der Waals surface area contributed by atoms with Gasteiger partial charge in [0.1, 0.15) is 11.5 Å². The lowest BCUT2D eigenvalue weighted by molar-refractivity contribution is 0.0517. The van der Waals surface area contributed by atoms with Gasteiger partial charge in [0.2, 0.25) is 0 Å². The van der Waals surface area contributed by atoms with Crippen LogP contribution in [0.5, 0.6) is 0 Å². The smallest absolute Gasteiger partial charge is 0.355 e. The first-order valence-electron chi connectivity index (χ1n) is 4.72. The molecule has 0 spiro atoms. The lowest BCUT2D eigenvalue weighted by Gasteiger charge is -2.04. The van der Waals surface area contributed by atoms with Crippen molar-refractivity contribution in [3.63, 3.8) is 0 Å². The quantitative estimate of drug-likeness (QED) is 0.691. The molecule has 2 aromatic rings. The summed E-state index contributed by atoms with van der Waals surface area (Å²) < 4.78 is 6.62. The van der Waals surface area contributed by atoms with Gasteiger partial charge in [-0.15, -0.1) is 10.2 Å². The Morgan fingerprint density at radius 1 is 1.47 bits per heavy atom. The van der Waals surface area contributed by atoms with Gasteiger partial charge in [0.15, 0.2) is 5.65 Å². The zero-order valence-corrected chi connectivity index (χ0v) is 8.60. The van der Waals surface area contributed by atoms with Crippen molar-refractivity contribution in [2.45, 2.75) is 13.8 Å². The summed E-state index contributed by atoms with van der Waals surface area (Å²) in [4.78, 5) is 11.6. The molecule has 0 fully saturated rings. The predicted octanol–water partition coefficient (Wildman–Crippen LogP) is 1.21. The number of esters is 1. The fourth-order valence-corrected chi connectivity index (χ4v) is 1.45. The molecule has 0 aliphatic heterocycles. The summed E-state index contributed by atoms with van der Waals surface area (Å²) in [5.74, 6) is 0.319. The van der Waals surface area contributed by atoms with Crippen LogP contribution in [0.4, 0.5) is 0 Å². The van der Waals surface area contributed by atoms with Crippen molar-refractivity contribution in [2.75, 3.05) is 6.61 Å². The SMILES string of the molecule is CCOC(=O)c1cccc2nnc(C)n12. The molecular weight excluding hydrogens is 194 g/mol. The molecule has 0 saturated heterocycles. The van der Waals surface area contributed by atoms with Gasteiger partial charge >= 0.3 is 5.97 Å². The minimum Gasteiger partial charge on any atom is -0.461 e. The maximum atomic E-state index is 11.6. The summed E-state index contributed by atoms with van der Waals surface area (Å²) >= 11 is 0. The predicted molar refractivity (Wildman–Crippen MR) is 53.7 cm³/mol. The van der Waals surface area contributed by atoms with E-state index in [1.807, 2.05) is 0 Å².